The fourth-order valence-corrected chi connectivity index (χ4v) is 2.29. The second-order valence-corrected chi connectivity index (χ2v) is 5.54. The molecule has 2 aromatic rings. The number of benzene rings is 2. The predicted octanol–water partition coefficient (Wildman–Crippen LogP) is 6.51. The third-order valence-corrected chi connectivity index (χ3v) is 3.49. The molecule has 0 radical (unpaired) electrons. The van der Waals surface area contributed by atoms with Crippen molar-refractivity contribution in [3.05, 3.63) is 59.2 Å². The summed E-state index contributed by atoms with van der Waals surface area (Å²) >= 11 is 0. The Bertz CT molecular complexity index is 695. The largest absolute Gasteiger partial charge is 0.417 e. The molecule has 0 aliphatic rings. The molecule has 0 aliphatic heterocycles. The van der Waals surface area contributed by atoms with E-state index in [0.717, 1.165) is 18.2 Å². The van der Waals surface area contributed by atoms with Crippen molar-refractivity contribution in [1.29, 1.82) is 0 Å². The van der Waals surface area contributed by atoms with Crippen LogP contribution >= 0.6 is 0 Å². The summed E-state index contributed by atoms with van der Waals surface area (Å²) < 4.78 is 78.4. The van der Waals surface area contributed by atoms with Crippen molar-refractivity contribution in [2.24, 2.45) is 0 Å². The van der Waals surface area contributed by atoms with Gasteiger partial charge in [0.2, 0.25) is 0 Å². The third kappa shape index (κ3) is 3.86. The van der Waals surface area contributed by atoms with Gasteiger partial charge in [0.05, 0.1) is 11.1 Å². The Labute approximate surface area is 129 Å². The van der Waals surface area contributed by atoms with Gasteiger partial charge in [-0.25, -0.2) is 0 Å². The standard InChI is InChI=1S/C17H14F6/c1-10(2)11-7-12(9-13(8-11)16(18,19)20)14-5-3-4-6-15(14)17(21,22)23/h3-10H,1-2H3. The van der Waals surface area contributed by atoms with Crippen molar-refractivity contribution < 1.29 is 26.3 Å². The van der Waals surface area contributed by atoms with Gasteiger partial charge in [-0.2, -0.15) is 26.3 Å². The molecule has 0 aliphatic carbocycles. The highest BCUT2D eigenvalue weighted by Crippen LogP contribution is 2.40. The fraction of sp³-hybridized carbons (Fsp3) is 0.294. The number of halogens is 6. The van der Waals surface area contributed by atoms with Crippen molar-refractivity contribution >= 4 is 0 Å². The summed E-state index contributed by atoms with van der Waals surface area (Å²) in [6, 6.07) is 7.75. The zero-order valence-corrected chi connectivity index (χ0v) is 12.4. The molecule has 124 valence electrons. The van der Waals surface area contributed by atoms with E-state index in [1.807, 2.05) is 0 Å². The van der Waals surface area contributed by atoms with Crippen LogP contribution in [0.25, 0.3) is 11.1 Å². The van der Waals surface area contributed by atoms with E-state index in [0.29, 0.717) is 5.56 Å². The molecule has 0 atom stereocenters. The lowest BCUT2D eigenvalue weighted by Gasteiger charge is -2.17. The fourth-order valence-electron chi connectivity index (χ4n) is 2.29. The molecule has 0 amide bonds. The molecule has 0 fully saturated rings. The Morgan fingerprint density at radius 3 is 1.91 bits per heavy atom. The van der Waals surface area contributed by atoms with Gasteiger partial charge in [0.15, 0.2) is 0 Å². The zero-order valence-electron chi connectivity index (χ0n) is 12.4. The minimum Gasteiger partial charge on any atom is -0.166 e. The summed E-state index contributed by atoms with van der Waals surface area (Å²) in [7, 11) is 0. The lowest BCUT2D eigenvalue weighted by Crippen LogP contribution is -2.09. The lowest BCUT2D eigenvalue weighted by atomic mass is 9.92. The molecule has 23 heavy (non-hydrogen) atoms. The second kappa shape index (κ2) is 5.91. The van der Waals surface area contributed by atoms with Gasteiger partial charge in [0, 0.05) is 0 Å². The van der Waals surface area contributed by atoms with Crippen molar-refractivity contribution in [3.63, 3.8) is 0 Å². The van der Waals surface area contributed by atoms with E-state index in [-0.39, 0.29) is 17.0 Å². The summed E-state index contributed by atoms with van der Waals surface area (Å²) in [6.07, 6.45) is -9.25. The van der Waals surface area contributed by atoms with E-state index < -0.39 is 23.5 Å². The molecule has 0 nitrogen and oxygen atoms in total. The Balaban J connectivity index is 2.72. The van der Waals surface area contributed by atoms with E-state index in [2.05, 4.69) is 0 Å². The molecule has 0 saturated heterocycles. The SMILES string of the molecule is CC(C)c1cc(-c2ccccc2C(F)(F)F)cc(C(F)(F)F)c1. The molecule has 0 aromatic heterocycles. The number of hydrogen-bond acceptors (Lipinski definition) is 0. The maximum Gasteiger partial charge on any atom is 0.417 e. The maximum atomic E-state index is 13.1. The molecule has 6 heteroatoms. The quantitative estimate of drug-likeness (QED) is 0.550. The monoisotopic (exact) mass is 332 g/mol. The van der Waals surface area contributed by atoms with Crippen molar-refractivity contribution in [1.82, 2.24) is 0 Å². The van der Waals surface area contributed by atoms with Gasteiger partial charge >= 0.3 is 12.4 Å². The van der Waals surface area contributed by atoms with Gasteiger partial charge in [-0.1, -0.05) is 38.1 Å². The summed E-state index contributed by atoms with van der Waals surface area (Å²) in [5.41, 5.74) is -1.90. The average molecular weight is 332 g/mol. The molecule has 0 N–H and O–H groups in total. The topological polar surface area (TPSA) is 0 Å². The van der Waals surface area contributed by atoms with Crippen LogP contribution in [0.5, 0.6) is 0 Å². The van der Waals surface area contributed by atoms with Gasteiger partial charge in [-0.15, -0.1) is 0 Å². The van der Waals surface area contributed by atoms with E-state index in [1.165, 1.54) is 24.3 Å². The van der Waals surface area contributed by atoms with Gasteiger partial charge < -0.3 is 0 Å². The van der Waals surface area contributed by atoms with Crippen LogP contribution in [0, 0.1) is 0 Å². The van der Waals surface area contributed by atoms with E-state index >= 15 is 0 Å². The van der Waals surface area contributed by atoms with Crippen LogP contribution in [-0.2, 0) is 12.4 Å². The maximum absolute atomic E-state index is 13.1. The van der Waals surface area contributed by atoms with Gasteiger partial charge in [-0.3, -0.25) is 0 Å². The molecule has 0 bridgehead atoms. The Morgan fingerprint density at radius 2 is 1.39 bits per heavy atom. The number of hydrogen-bond donors (Lipinski definition) is 0. The van der Waals surface area contributed by atoms with Crippen LogP contribution in [-0.4, -0.2) is 0 Å². The average Bonchev–Trinajstić information content (AvgIpc) is 2.45. The molecule has 2 rings (SSSR count). The summed E-state index contributed by atoms with van der Waals surface area (Å²) in [5, 5.41) is 0. The van der Waals surface area contributed by atoms with Crippen LogP contribution in [0.1, 0.15) is 36.5 Å². The summed E-state index contributed by atoms with van der Waals surface area (Å²) in [6.45, 7) is 3.38. The highest BCUT2D eigenvalue weighted by Gasteiger charge is 2.35. The van der Waals surface area contributed by atoms with E-state index in [9.17, 15) is 26.3 Å². The molecule has 0 unspecified atom stereocenters. The molecular formula is C17H14F6. The van der Waals surface area contributed by atoms with Crippen molar-refractivity contribution in [2.75, 3.05) is 0 Å². The van der Waals surface area contributed by atoms with Crippen molar-refractivity contribution in [2.45, 2.75) is 32.1 Å². The first-order valence-electron chi connectivity index (χ1n) is 6.89. The summed E-state index contributed by atoms with van der Waals surface area (Å²) in [5.74, 6) is -0.242. The minimum atomic E-state index is -4.64. The normalized spacial score (nSPS) is 12.7. The summed E-state index contributed by atoms with van der Waals surface area (Å²) in [4.78, 5) is 0. The van der Waals surface area contributed by atoms with Gasteiger partial charge in [0.25, 0.3) is 0 Å². The first kappa shape index (κ1) is 17.4. The lowest BCUT2D eigenvalue weighted by molar-refractivity contribution is -0.137. The van der Waals surface area contributed by atoms with Crippen LogP contribution < -0.4 is 0 Å². The van der Waals surface area contributed by atoms with E-state index in [4.69, 9.17) is 0 Å². The van der Waals surface area contributed by atoms with Crippen molar-refractivity contribution in [3.8, 4) is 11.1 Å². The molecular weight excluding hydrogens is 318 g/mol. The highest BCUT2D eigenvalue weighted by atomic mass is 19.4. The molecule has 0 saturated carbocycles. The Morgan fingerprint density at radius 1 is 0.783 bits per heavy atom. The third-order valence-electron chi connectivity index (χ3n) is 3.49. The molecule has 2 aromatic carbocycles. The van der Waals surface area contributed by atoms with Crippen LogP contribution in [0.3, 0.4) is 0 Å². The Kier molecular flexibility index (Phi) is 4.46. The van der Waals surface area contributed by atoms with E-state index in [1.54, 1.807) is 13.8 Å². The second-order valence-electron chi connectivity index (χ2n) is 5.54. The first-order chi connectivity index (χ1) is 10.5. The molecule has 0 spiro atoms. The highest BCUT2D eigenvalue weighted by molar-refractivity contribution is 5.70. The van der Waals surface area contributed by atoms with Crippen LogP contribution in [0.4, 0.5) is 26.3 Å². The smallest absolute Gasteiger partial charge is 0.166 e. The number of rotatable bonds is 2. The minimum absolute atomic E-state index is 0.0866. The molecule has 0 heterocycles. The predicted molar refractivity (Wildman–Crippen MR) is 76.0 cm³/mol. The first-order valence-corrected chi connectivity index (χ1v) is 6.89. The van der Waals surface area contributed by atoms with Crippen LogP contribution in [0.2, 0.25) is 0 Å². The van der Waals surface area contributed by atoms with Crippen LogP contribution in [0.15, 0.2) is 42.5 Å². The Hall–Kier alpha value is -1.98. The van der Waals surface area contributed by atoms with Gasteiger partial charge in [0.1, 0.15) is 0 Å². The zero-order chi connectivity index (χ0) is 17.4. The number of alkyl halides is 6. The van der Waals surface area contributed by atoms with Gasteiger partial charge in [-0.05, 0) is 40.8 Å².